The van der Waals surface area contributed by atoms with Gasteiger partial charge in [0.2, 0.25) is 0 Å². The Morgan fingerprint density at radius 1 is 1.00 bits per heavy atom. The smallest absolute Gasteiger partial charge is 0.316 e. The zero-order valence-corrected chi connectivity index (χ0v) is 10.7. The highest BCUT2D eigenvalue weighted by atomic mass is 16.2. The van der Waals surface area contributed by atoms with Gasteiger partial charge in [-0.15, -0.1) is 0 Å². The third-order valence-electron chi connectivity index (χ3n) is 3.07. The first-order valence-electron chi connectivity index (χ1n) is 6.24. The summed E-state index contributed by atoms with van der Waals surface area (Å²) in [5.41, 5.74) is 8.86. The summed E-state index contributed by atoms with van der Waals surface area (Å²) in [6, 6.07) is 17.0. The molecule has 0 aliphatic rings. The average molecular weight is 263 g/mol. The number of amides is 2. The number of anilines is 1. The van der Waals surface area contributed by atoms with Gasteiger partial charge in [0.1, 0.15) is 0 Å². The molecule has 2 aromatic carbocycles. The number of nitrogens with one attached hydrogen (secondary N) is 1. The van der Waals surface area contributed by atoms with Crippen LogP contribution in [0.25, 0.3) is 22.0 Å². The zero-order valence-electron chi connectivity index (χ0n) is 10.7. The average Bonchev–Trinajstić information content (AvgIpc) is 2.46. The van der Waals surface area contributed by atoms with Crippen LogP contribution < -0.4 is 11.1 Å². The lowest BCUT2D eigenvalue weighted by molar-refractivity contribution is 0.259. The largest absolute Gasteiger partial charge is 0.351 e. The number of nitrogens with two attached hydrogens (primary N) is 1. The van der Waals surface area contributed by atoms with Crippen molar-refractivity contribution in [3.63, 3.8) is 0 Å². The lowest BCUT2D eigenvalue weighted by Gasteiger charge is -2.07. The van der Waals surface area contributed by atoms with E-state index in [0.29, 0.717) is 5.69 Å². The van der Waals surface area contributed by atoms with Gasteiger partial charge in [-0.25, -0.2) is 4.79 Å². The fourth-order valence-electron chi connectivity index (χ4n) is 2.17. The van der Waals surface area contributed by atoms with Crippen LogP contribution >= 0.6 is 0 Å². The van der Waals surface area contributed by atoms with E-state index >= 15 is 0 Å². The first-order valence-corrected chi connectivity index (χ1v) is 6.24. The maximum Gasteiger partial charge on any atom is 0.316 e. The summed E-state index contributed by atoms with van der Waals surface area (Å²) in [7, 11) is 0. The van der Waals surface area contributed by atoms with Gasteiger partial charge in [0.15, 0.2) is 0 Å². The van der Waals surface area contributed by atoms with Crippen LogP contribution in [0.15, 0.2) is 60.8 Å². The van der Waals surface area contributed by atoms with Crippen molar-refractivity contribution in [3.05, 3.63) is 60.8 Å². The van der Waals surface area contributed by atoms with Gasteiger partial charge in [-0.2, -0.15) is 0 Å². The number of carbonyl (C=O) groups excluding carboxylic acids is 1. The maximum atomic E-state index is 10.9. The molecule has 0 saturated carbocycles. The number of hydrogen-bond acceptors (Lipinski definition) is 2. The van der Waals surface area contributed by atoms with Crippen LogP contribution in [0.4, 0.5) is 10.5 Å². The summed E-state index contributed by atoms with van der Waals surface area (Å²) in [6.07, 6.45) is 1.78. The molecule has 0 radical (unpaired) electrons. The molecule has 0 unspecified atom stereocenters. The van der Waals surface area contributed by atoms with Crippen LogP contribution in [0, 0.1) is 0 Å². The van der Waals surface area contributed by atoms with Crippen LogP contribution in [0.5, 0.6) is 0 Å². The number of hydrogen-bond donors (Lipinski definition) is 2. The minimum absolute atomic E-state index is 0.565. The van der Waals surface area contributed by atoms with Crippen molar-refractivity contribution in [2.24, 2.45) is 5.73 Å². The number of pyridine rings is 1. The van der Waals surface area contributed by atoms with Crippen molar-refractivity contribution in [2.75, 3.05) is 5.32 Å². The van der Waals surface area contributed by atoms with Crippen molar-refractivity contribution in [1.29, 1.82) is 0 Å². The minimum Gasteiger partial charge on any atom is -0.351 e. The van der Waals surface area contributed by atoms with Gasteiger partial charge < -0.3 is 11.1 Å². The molecule has 1 aromatic heterocycles. The van der Waals surface area contributed by atoms with Gasteiger partial charge in [0.05, 0.1) is 5.52 Å². The lowest BCUT2D eigenvalue weighted by atomic mass is 10.0. The van der Waals surface area contributed by atoms with E-state index in [1.54, 1.807) is 12.3 Å². The predicted octanol–water partition coefficient (Wildman–Crippen LogP) is 3.39. The Morgan fingerprint density at radius 2 is 1.85 bits per heavy atom. The molecule has 0 fully saturated rings. The van der Waals surface area contributed by atoms with E-state index in [-0.39, 0.29) is 0 Å². The molecule has 3 rings (SSSR count). The van der Waals surface area contributed by atoms with Gasteiger partial charge in [-0.1, -0.05) is 24.3 Å². The number of carbonyl (C=O) groups is 1. The summed E-state index contributed by atoms with van der Waals surface area (Å²) >= 11 is 0. The summed E-state index contributed by atoms with van der Waals surface area (Å²) in [5.74, 6) is 0. The van der Waals surface area contributed by atoms with E-state index in [2.05, 4.69) is 16.4 Å². The molecule has 0 saturated heterocycles. The van der Waals surface area contributed by atoms with Gasteiger partial charge in [-0.05, 0) is 41.5 Å². The van der Waals surface area contributed by atoms with Gasteiger partial charge in [0.25, 0.3) is 0 Å². The number of urea groups is 1. The van der Waals surface area contributed by atoms with Crippen LogP contribution in [-0.2, 0) is 0 Å². The number of rotatable bonds is 2. The van der Waals surface area contributed by atoms with Gasteiger partial charge in [0, 0.05) is 17.3 Å². The summed E-state index contributed by atoms with van der Waals surface area (Å²) in [6.45, 7) is 0. The molecule has 2 amide bonds. The molecule has 1 heterocycles. The molecule has 0 bridgehead atoms. The highest BCUT2D eigenvalue weighted by Crippen LogP contribution is 2.25. The molecule has 4 nitrogen and oxygen atoms in total. The molecule has 20 heavy (non-hydrogen) atoms. The first kappa shape index (κ1) is 12.2. The Labute approximate surface area is 116 Å². The van der Waals surface area contributed by atoms with Crippen LogP contribution in [0.3, 0.4) is 0 Å². The number of nitrogens with zero attached hydrogens (tertiary/aromatic N) is 1. The van der Waals surface area contributed by atoms with Crippen LogP contribution in [0.2, 0.25) is 0 Å². The molecule has 0 aliphatic heterocycles. The van der Waals surface area contributed by atoms with E-state index in [9.17, 15) is 4.79 Å². The Kier molecular flexibility index (Phi) is 3.05. The molecule has 3 N–H and O–H groups in total. The Hall–Kier alpha value is -2.88. The predicted molar refractivity (Wildman–Crippen MR) is 80.4 cm³/mol. The quantitative estimate of drug-likeness (QED) is 0.744. The molecule has 3 aromatic rings. The standard InChI is InChI=1S/C16H13N3O/c17-16(20)19-14-5-1-3-11(10-14)12-6-7-15-13(9-12)4-2-8-18-15/h1-10H,(H3,17,19,20). The van der Waals surface area contributed by atoms with Crippen molar-refractivity contribution in [1.82, 2.24) is 4.98 Å². The number of fused-ring (bicyclic) bond motifs is 1. The maximum absolute atomic E-state index is 10.9. The minimum atomic E-state index is -0.565. The molecule has 98 valence electrons. The van der Waals surface area contributed by atoms with Crippen molar-refractivity contribution < 1.29 is 4.79 Å². The normalized spacial score (nSPS) is 10.4. The summed E-state index contributed by atoms with van der Waals surface area (Å²) < 4.78 is 0. The topological polar surface area (TPSA) is 68.0 Å². The fraction of sp³-hybridized carbons (Fsp3) is 0. The molecule has 0 aliphatic carbocycles. The second-order valence-corrected chi connectivity index (χ2v) is 4.48. The number of primary amides is 1. The molecular formula is C16H13N3O. The van der Waals surface area contributed by atoms with Crippen molar-refractivity contribution in [3.8, 4) is 11.1 Å². The van der Waals surface area contributed by atoms with E-state index in [1.165, 1.54) is 0 Å². The molecular weight excluding hydrogens is 250 g/mol. The highest BCUT2D eigenvalue weighted by molar-refractivity contribution is 5.89. The van der Waals surface area contributed by atoms with Crippen LogP contribution in [0.1, 0.15) is 0 Å². The molecule has 0 spiro atoms. The van der Waals surface area contributed by atoms with E-state index < -0.39 is 6.03 Å². The second-order valence-electron chi connectivity index (χ2n) is 4.48. The van der Waals surface area contributed by atoms with Crippen LogP contribution in [-0.4, -0.2) is 11.0 Å². The Morgan fingerprint density at radius 3 is 2.70 bits per heavy atom. The third kappa shape index (κ3) is 2.44. The Balaban J connectivity index is 2.03. The summed E-state index contributed by atoms with van der Waals surface area (Å²) in [5, 5.41) is 3.66. The van der Waals surface area contributed by atoms with Crippen molar-refractivity contribution in [2.45, 2.75) is 0 Å². The highest BCUT2D eigenvalue weighted by Gasteiger charge is 2.02. The molecule has 0 atom stereocenters. The fourth-order valence-corrected chi connectivity index (χ4v) is 2.17. The first-order chi connectivity index (χ1) is 9.72. The number of aromatic nitrogens is 1. The van der Waals surface area contributed by atoms with E-state index in [0.717, 1.165) is 22.0 Å². The number of benzene rings is 2. The third-order valence-corrected chi connectivity index (χ3v) is 3.07. The monoisotopic (exact) mass is 263 g/mol. The second kappa shape index (κ2) is 5.01. The van der Waals surface area contributed by atoms with E-state index in [4.69, 9.17) is 5.73 Å². The van der Waals surface area contributed by atoms with E-state index in [1.807, 2.05) is 42.5 Å². The lowest BCUT2D eigenvalue weighted by Crippen LogP contribution is -2.19. The summed E-state index contributed by atoms with van der Waals surface area (Å²) in [4.78, 5) is 15.2. The Bertz CT molecular complexity index is 783. The van der Waals surface area contributed by atoms with Gasteiger partial charge in [-0.3, -0.25) is 4.98 Å². The van der Waals surface area contributed by atoms with Crippen molar-refractivity contribution >= 4 is 22.6 Å². The molecule has 4 heteroatoms. The van der Waals surface area contributed by atoms with Gasteiger partial charge >= 0.3 is 6.03 Å². The SMILES string of the molecule is NC(=O)Nc1cccc(-c2ccc3ncccc3c2)c1. The zero-order chi connectivity index (χ0) is 13.9.